The molecule has 2 aliphatic heterocycles. The molecule has 0 saturated carbocycles. The van der Waals surface area contributed by atoms with Crippen LogP contribution in [0.4, 0.5) is 5.69 Å². The molecule has 6 nitrogen and oxygen atoms in total. The van der Waals surface area contributed by atoms with Crippen molar-refractivity contribution in [2.24, 2.45) is 5.92 Å². The first-order chi connectivity index (χ1) is 13.7. The van der Waals surface area contributed by atoms with Crippen LogP contribution in [-0.4, -0.2) is 36.6 Å². The molecule has 2 heterocycles. The highest BCUT2D eigenvalue weighted by Gasteiger charge is 2.27. The molecule has 1 saturated heterocycles. The van der Waals surface area contributed by atoms with Crippen LogP contribution < -0.4 is 14.8 Å². The Hall–Kier alpha value is -3.28. The summed E-state index contributed by atoms with van der Waals surface area (Å²) in [6.07, 6.45) is 4.91. The lowest BCUT2D eigenvalue weighted by Crippen LogP contribution is -2.43. The van der Waals surface area contributed by atoms with Gasteiger partial charge < -0.3 is 19.7 Å². The maximum Gasteiger partial charge on any atom is 0.246 e. The van der Waals surface area contributed by atoms with Crippen molar-refractivity contribution in [1.82, 2.24) is 4.90 Å². The predicted octanol–water partition coefficient (Wildman–Crippen LogP) is 3.31. The van der Waals surface area contributed by atoms with Crippen LogP contribution in [0.3, 0.4) is 0 Å². The van der Waals surface area contributed by atoms with Crippen molar-refractivity contribution in [3.63, 3.8) is 0 Å². The van der Waals surface area contributed by atoms with Gasteiger partial charge in [-0.05, 0) is 48.7 Å². The SMILES string of the molecule is O=C(Nc1ccccc1)C1CCCN(C(=O)/C=C/c2ccc3c(c2)OCO3)C1. The molecule has 0 radical (unpaired) electrons. The zero-order valence-electron chi connectivity index (χ0n) is 15.5. The number of carbonyl (C=O) groups excluding carboxylic acids is 2. The summed E-state index contributed by atoms with van der Waals surface area (Å²) in [5, 5.41) is 2.93. The number of carbonyl (C=O) groups is 2. The van der Waals surface area contributed by atoms with Gasteiger partial charge >= 0.3 is 0 Å². The summed E-state index contributed by atoms with van der Waals surface area (Å²) in [7, 11) is 0. The van der Waals surface area contributed by atoms with Crippen molar-refractivity contribution in [2.75, 3.05) is 25.2 Å². The average Bonchev–Trinajstić information content (AvgIpc) is 3.20. The molecular formula is C22H22N2O4. The quantitative estimate of drug-likeness (QED) is 0.829. The molecule has 1 unspecified atom stereocenters. The minimum atomic E-state index is -0.197. The molecule has 2 amide bonds. The number of para-hydroxylation sites is 1. The Balaban J connectivity index is 1.36. The van der Waals surface area contributed by atoms with Crippen LogP contribution >= 0.6 is 0 Å². The normalized spacial score (nSPS) is 18.3. The van der Waals surface area contributed by atoms with E-state index in [1.165, 1.54) is 0 Å². The molecular weight excluding hydrogens is 356 g/mol. The number of rotatable bonds is 4. The van der Waals surface area contributed by atoms with Crippen LogP contribution in [0.5, 0.6) is 11.5 Å². The zero-order chi connectivity index (χ0) is 19.3. The Kier molecular flexibility index (Phi) is 5.28. The standard InChI is InChI=1S/C22H22N2O4/c25-21(11-9-16-8-10-19-20(13-16)28-15-27-19)24-12-4-5-17(14-24)22(26)23-18-6-2-1-3-7-18/h1-3,6-11,13,17H,4-5,12,14-15H2,(H,23,26)/b11-9+. The van der Waals surface area contributed by atoms with E-state index in [1.54, 1.807) is 17.1 Å². The second-order valence-corrected chi connectivity index (χ2v) is 6.92. The van der Waals surface area contributed by atoms with E-state index in [0.717, 1.165) is 24.1 Å². The fourth-order valence-corrected chi connectivity index (χ4v) is 3.45. The Bertz CT molecular complexity index is 895. The number of hydrogen-bond donors (Lipinski definition) is 1. The molecule has 2 aromatic rings. The lowest BCUT2D eigenvalue weighted by molar-refractivity contribution is -0.130. The van der Waals surface area contributed by atoms with E-state index in [9.17, 15) is 9.59 Å². The Morgan fingerprint density at radius 1 is 1.07 bits per heavy atom. The van der Waals surface area contributed by atoms with Crippen LogP contribution in [0.1, 0.15) is 18.4 Å². The maximum absolute atomic E-state index is 12.6. The van der Waals surface area contributed by atoms with E-state index in [0.29, 0.717) is 24.6 Å². The predicted molar refractivity (Wildman–Crippen MR) is 106 cm³/mol. The summed E-state index contributed by atoms with van der Waals surface area (Å²) in [5.41, 5.74) is 1.65. The number of anilines is 1. The number of piperidine rings is 1. The summed E-state index contributed by atoms with van der Waals surface area (Å²) in [4.78, 5) is 26.9. The lowest BCUT2D eigenvalue weighted by atomic mass is 9.97. The Morgan fingerprint density at radius 3 is 2.75 bits per heavy atom. The number of amides is 2. The van der Waals surface area contributed by atoms with Gasteiger partial charge in [0, 0.05) is 24.9 Å². The van der Waals surface area contributed by atoms with Crippen molar-refractivity contribution in [2.45, 2.75) is 12.8 Å². The van der Waals surface area contributed by atoms with Crippen molar-refractivity contribution in [3.8, 4) is 11.5 Å². The number of ether oxygens (including phenoxy) is 2. The zero-order valence-corrected chi connectivity index (χ0v) is 15.5. The topological polar surface area (TPSA) is 67.9 Å². The number of nitrogens with one attached hydrogen (secondary N) is 1. The molecule has 28 heavy (non-hydrogen) atoms. The molecule has 0 spiro atoms. The molecule has 6 heteroatoms. The van der Waals surface area contributed by atoms with Crippen LogP contribution in [0.15, 0.2) is 54.6 Å². The Morgan fingerprint density at radius 2 is 1.89 bits per heavy atom. The summed E-state index contributed by atoms with van der Waals surface area (Å²) in [6.45, 7) is 1.32. The average molecular weight is 378 g/mol. The van der Waals surface area contributed by atoms with Crippen LogP contribution in [0, 0.1) is 5.92 Å². The van der Waals surface area contributed by atoms with Crippen LogP contribution in [0.2, 0.25) is 0 Å². The van der Waals surface area contributed by atoms with E-state index < -0.39 is 0 Å². The highest BCUT2D eigenvalue weighted by Crippen LogP contribution is 2.32. The maximum atomic E-state index is 12.6. The summed E-state index contributed by atoms with van der Waals surface area (Å²) < 4.78 is 10.6. The number of benzene rings is 2. The third-order valence-electron chi connectivity index (χ3n) is 4.96. The first-order valence-electron chi connectivity index (χ1n) is 9.41. The summed E-state index contributed by atoms with van der Waals surface area (Å²) in [6, 6.07) is 14.9. The van der Waals surface area contributed by atoms with E-state index in [-0.39, 0.29) is 24.5 Å². The smallest absolute Gasteiger partial charge is 0.246 e. The minimum absolute atomic E-state index is 0.0385. The molecule has 144 valence electrons. The van der Waals surface area contributed by atoms with Crippen LogP contribution in [-0.2, 0) is 9.59 Å². The largest absolute Gasteiger partial charge is 0.454 e. The molecule has 0 bridgehead atoms. The third kappa shape index (κ3) is 4.17. The Labute approximate surface area is 163 Å². The first-order valence-corrected chi connectivity index (χ1v) is 9.41. The third-order valence-corrected chi connectivity index (χ3v) is 4.96. The number of nitrogens with zero attached hydrogens (tertiary/aromatic N) is 1. The van der Waals surface area contributed by atoms with Gasteiger partial charge in [-0.3, -0.25) is 9.59 Å². The van der Waals surface area contributed by atoms with E-state index in [4.69, 9.17) is 9.47 Å². The molecule has 1 fully saturated rings. The number of hydrogen-bond acceptors (Lipinski definition) is 4. The lowest BCUT2D eigenvalue weighted by Gasteiger charge is -2.31. The summed E-state index contributed by atoms with van der Waals surface area (Å²) >= 11 is 0. The minimum Gasteiger partial charge on any atom is -0.454 e. The van der Waals surface area contributed by atoms with E-state index in [1.807, 2.05) is 48.5 Å². The highest BCUT2D eigenvalue weighted by atomic mass is 16.7. The van der Waals surface area contributed by atoms with Gasteiger partial charge in [0.1, 0.15) is 0 Å². The van der Waals surface area contributed by atoms with Gasteiger partial charge in [0.25, 0.3) is 0 Å². The monoisotopic (exact) mass is 378 g/mol. The molecule has 0 aromatic heterocycles. The van der Waals surface area contributed by atoms with Crippen molar-refractivity contribution >= 4 is 23.6 Å². The molecule has 0 aliphatic carbocycles. The molecule has 4 rings (SSSR count). The second-order valence-electron chi connectivity index (χ2n) is 6.92. The summed E-state index contributed by atoms with van der Waals surface area (Å²) in [5.74, 6) is 1.08. The van der Waals surface area contributed by atoms with Gasteiger partial charge in [0.15, 0.2) is 11.5 Å². The number of fused-ring (bicyclic) bond motifs is 1. The van der Waals surface area contributed by atoms with Gasteiger partial charge in [-0.2, -0.15) is 0 Å². The van der Waals surface area contributed by atoms with Crippen molar-refractivity contribution in [3.05, 3.63) is 60.2 Å². The van der Waals surface area contributed by atoms with E-state index >= 15 is 0 Å². The molecule has 1 N–H and O–H groups in total. The van der Waals surface area contributed by atoms with Gasteiger partial charge in [-0.25, -0.2) is 0 Å². The highest BCUT2D eigenvalue weighted by molar-refractivity contribution is 5.95. The van der Waals surface area contributed by atoms with E-state index in [2.05, 4.69) is 5.32 Å². The van der Waals surface area contributed by atoms with Gasteiger partial charge in [0.2, 0.25) is 18.6 Å². The van der Waals surface area contributed by atoms with Gasteiger partial charge in [0.05, 0.1) is 5.92 Å². The molecule has 2 aromatic carbocycles. The first kappa shape index (κ1) is 18.1. The van der Waals surface area contributed by atoms with Gasteiger partial charge in [-0.15, -0.1) is 0 Å². The van der Waals surface area contributed by atoms with Crippen molar-refractivity contribution in [1.29, 1.82) is 0 Å². The van der Waals surface area contributed by atoms with Crippen molar-refractivity contribution < 1.29 is 19.1 Å². The molecule has 1 atom stereocenters. The number of likely N-dealkylation sites (tertiary alicyclic amines) is 1. The second kappa shape index (κ2) is 8.17. The fraction of sp³-hybridized carbons (Fsp3) is 0.273. The van der Waals surface area contributed by atoms with Gasteiger partial charge in [-0.1, -0.05) is 24.3 Å². The fourth-order valence-electron chi connectivity index (χ4n) is 3.45. The molecule has 2 aliphatic rings. The van der Waals surface area contributed by atoms with Crippen LogP contribution in [0.25, 0.3) is 6.08 Å².